The first kappa shape index (κ1) is 28.0. The number of benzene rings is 3. The molecule has 1 aromatic heterocycles. The molecule has 36 heavy (non-hydrogen) atoms. The number of carbonyl (C=O) groups excluding carboxylic acids is 1. The van der Waals surface area contributed by atoms with Gasteiger partial charge < -0.3 is 5.32 Å². The molecule has 3 aromatic carbocycles. The maximum atomic E-state index is 13.6. The van der Waals surface area contributed by atoms with Crippen LogP contribution in [0.3, 0.4) is 0 Å². The van der Waals surface area contributed by atoms with Crippen molar-refractivity contribution < 1.29 is 13.2 Å². The van der Waals surface area contributed by atoms with Crippen LogP contribution in [0.1, 0.15) is 0 Å². The Morgan fingerprint density at radius 1 is 1.08 bits per heavy atom. The Hall–Kier alpha value is -1.05. The van der Waals surface area contributed by atoms with Gasteiger partial charge in [0.05, 0.1) is 32.9 Å². The van der Waals surface area contributed by atoms with Crippen LogP contribution < -0.4 is 16.0 Å². The maximum absolute atomic E-state index is 13.6. The van der Waals surface area contributed by atoms with Gasteiger partial charge in [0.2, 0.25) is 15.9 Å². The number of rotatable bonds is 6. The monoisotopic (exact) mass is 874 g/mol. The predicted molar refractivity (Wildman–Crippen MR) is 165 cm³/mol. The van der Waals surface area contributed by atoms with Gasteiger partial charge in [-0.25, -0.2) is 18.5 Å². The van der Waals surface area contributed by atoms with Crippen LogP contribution in [-0.4, -0.2) is 29.6 Å². The third-order valence-corrected chi connectivity index (χ3v) is 9.28. The average Bonchev–Trinajstić information content (AvgIpc) is 2.80. The van der Waals surface area contributed by atoms with Gasteiger partial charge >= 0.3 is 0 Å². The highest BCUT2D eigenvalue weighted by Gasteiger charge is 2.18. The quantitative estimate of drug-likeness (QED) is 0.150. The highest BCUT2D eigenvalue weighted by atomic mass is 127. The molecular formula is C22H14Br2I2N4O4S2. The SMILES string of the molecule is NS(=O)(=O)c1ccc(-n2c(SCC(=O)Nc3ccc(Br)cc3Br)nc3c(I)cc(I)cc3c2=O)cc1. The molecule has 0 spiro atoms. The Morgan fingerprint density at radius 3 is 2.42 bits per heavy atom. The second-order valence-electron chi connectivity index (χ2n) is 7.32. The van der Waals surface area contributed by atoms with Gasteiger partial charge in [-0.2, -0.15) is 0 Å². The molecule has 3 N–H and O–H groups in total. The zero-order valence-electron chi connectivity index (χ0n) is 17.8. The number of nitrogens with two attached hydrogens (primary N) is 1. The zero-order valence-corrected chi connectivity index (χ0v) is 27.0. The minimum absolute atomic E-state index is 0.0172. The fraction of sp³-hybridized carbons (Fsp3) is 0.0455. The van der Waals surface area contributed by atoms with Crippen LogP contribution in [0.2, 0.25) is 0 Å². The molecule has 0 fully saturated rings. The molecule has 4 aromatic rings. The molecule has 0 radical (unpaired) electrons. The van der Waals surface area contributed by atoms with E-state index in [-0.39, 0.29) is 22.1 Å². The number of anilines is 1. The lowest BCUT2D eigenvalue weighted by atomic mass is 10.2. The number of sulfonamides is 1. The Labute approximate surface area is 254 Å². The van der Waals surface area contributed by atoms with Gasteiger partial charge in [-0.1, -0.05) is 27.7 Å². The van der Waals surface area contributed by atoms with Gasteiger partial charge in [0.1, 0.15) is 0 Å². The molecule has 0 unspecified atom stereocenters. The van der Waals surface area contributed by atoms with Gasteiger partial charge in [-0.3, -0.25) is 14.2 Å². The number of primary sulfonamides is 1. The van der Waals surface area contributed by atoms with Gasteiger partial charge in [0.15, 0.2) is 5.16 Å². The van der Waals surface area contributed by atoms with E-state index in [2.05, 4.69) is 82.4 Å². The second kappa shape index (κ2) is 11.4. The van der Waals surface area contributed by atoms with E-state index in [1.165, 1.54) is 28.8 Å². The van der Waals surface area contributed by atoms with Gasteiger partial charge in [0.25, 0.3) is 5.56 Å². The van der Waals surface area contributed by atoms with Crippen LogP contribution >= 0.6 is 88.8 Å². The number of hydrogen-bond donors (Lipinski definition) is 2. The summed E-state index contributed by atoms with van der Waals surface area (Å²) in [6.07, 6.45) is 0. The first-order valence-corrected chi connectivity index (χ1v) is 16.1. The number of aromatic nitrogens is 2. The Bertz CT molecular complexity index is 1680. The fourth-order valence-corrected chi connectivity index (χ4v) is 7.64. The van der Waals surface area contributed by atoms with Crippen LogP contribution in [0.5, 0.6) is 0 Å². The molecule has 0 aliphatic rings. The van der Waals surface area contributed by atoms with Crippen molar-refractivity contribution >= 4 is 121 Å². The lowest BCUT2D eigenvalue weighted by molar-refractivity contribution is -0.113. The zero-order chi connectivity index (χ0) is 26.2. The number of halogens is 4. The van der Waals surface area contributed by atoms with Crippen molar-refractivity contribution in [2.45, 2.75) is 10.1 Å². The van der Waals surface area contributed by atoms with Crippen LogP contribution in [-0.2, 0) is 14.8 Å². The molecule has 8 nitrogen and oxygen atoms in total. The molecule has 0 bridgehead atoms. The summed E-state index contributed by atoms with van der Waals surface area (Å²) in [5.41, 5.74) is 1.19. The molecule has 0 atom stereocenters. The molecule has 4 rings (SSSR count). The molecule has 0 saturated carbocycles. The normalized spacial score (nSPS) is 11.6. The largest absolute Gasteiger partial charge is 0.324 e. The van der Waals surface area contributed by atoms with E-state index in [1.54, 1.807) is 12.1 Å². The smallest absolute Gasteiger partial charge is 0.266 e. The van der Waals surface area contributed by atoms with Crippen molar-refractivity contribution in [3.05, 3.63) is 81.0 Å². The van der Waals surface area contributed by atoms with E-state index in [0.29, 0.717) is 27.4 Å². The minimum Gasteiger partial charge on any atom is -0.324 e. The number of thioether (sulfide) groups is 1. The van der Waals surface area contributed by atoms with Crippen LogP contribution in [0, 0.1) is 7.14 Å². The van der Waals surface area contributed by atoms with Crippen molar-refractivity contribution in [2.75, 3.05) is 11.1 Å². The van der Waals surface area contributed by atoms with E-state index >= 15 is 0 Å². The minimum atomic E-state index is -3.90. The lowest BCUT2D eigenvalue weighted by Gasteiger charge is -2.14. The number of carbonyl (C=O) groups is 1. The van der Waals surface area contributed by atoms with Crippen LogP contribution in [0.25, 0.3) is 16.6 Å². The summed E-state index contributed by atoms with van der Waals surface area (Å²) in [6, 6.07) is 14.7. The fourth-order valence-electron chi connectivity index (χ4n) is 3.21. The van der Waals surface area contributed by atoms with Crippen molar-refractivity contribution in [3.63, 3.8) is 0 Å². The number of amides is 1. The predicted octanol–water partition coefficient (Wildman–Crippen LogP) is 5.50. The first-order chi connectivity index (χ1) is 16.9. The summed E-state index contributed by atoms with van der Waals surface area (Å²) in [6.45, 7) is 0. The molecule has 1 heterocycles. The molecule has 1 amide bonds. The van der Waals surface area contributed by atoms with Crippen LogP contribution in [0.4, 0.5) is 5.69 Å². The summed E-state index contributed by atoms with van der Waals surface area (Å²) in [5, 5.41) is 8.75. The molecule has 0 saturated heterocycles. The van der Waals surface area contributed by atoms with Gasteiger partial charge in [-0.15, -0.1) is 0 Å². The summed E-state index contributed by atoms with van der Waals surface area (Å²) >= 11 is 12.2. The maximum Gasteiger partial charge on any atom is 0.266 e. The number of hydrogen-bond acceptors (Lipinski definition) is 6. The Morgan fingerprint density at radius 2 is 1.78 bits per heavy atom. The Kier molecular flexibility index (Phi) is 8.83. The molecule has 0 aliphatic heterocycles. The first-order valence-electron chi connectivity index (χ1n) is 9.87. The standard InChI is InChI=1S/C22H14Br2I2N4O4S2/c23-11-1-6-18(16(24)7-11)28-19(31)10-35-22-29-20-15(8-12(25)9-17(20)26)21(32)30(22)13-2-4-14(5-3-13)36(27,33)34/h1-9H,10H2,(H,28,31)(H2,27,33,34). The Balaban J connectivity index is 1.75. The summed E-state index contributed by atoms with van der Waals surface area (Å²) in [7, 11) is -3.90. The van der Waals surface area contributed by atoms with Crippen molar-refractivity contribution in [3.8, 4) is 5.69 Å². The molecule has 14 heteroatoms. The molecular weight excluding hydrogens is 862 g/mol. The average molecular weight is 876 g/mol. The molecule has 0 aliphatic carbocycles. The topological polar surface area (TPSA) is 124 Å². The number of nitrogens with one attached hydrogen (secondary N) is 1. The third-order valence-electron chi connectivity index (χ3n) is 4.82. The van der Waals surface area contributed by atoms with E-state index < -0.39 is 10.0 Å². The van der Waals surface area contributed by atoms with E-state index in [1.807, 2.05) is 18.2 Å². The summed E-state index contributed by atoms with van der Waals surface area (Å²) in [4.78, 5) is 31.0. The highest BCUT2D eigenvalue weighted by Crippen LogP contribution is 2.28. The second-order valence-corrected chi connectivity index (χ2v) is 14.0. The van der Waals surface area contributed by atoms with Crippen LogP contribution in [0.15, 0.2) is 78.4 Å². The summed E-state index contributed by atoms with van der Waals surface area (Å²) < 4.78 is 28.0. The van der Waals surface area contributed by atoms with E-state index in [9.17, 15) is 18.0 Å². The summed E-state index contributed by atoms with van der Waals surface area (Å²) in [5.74, 6) is -0.303. The van der Waals surface area contributed by atoms with Gasteiger partial charge in [-0.05, 0) is 116 Å². The molecule has 186 valence electrons. The van der Waals surface area contributed by atoms with E-state index in [4.69, 9.17) is 10.1 Å². The lowest BCUT2D eigenvalue weighted by Crippen LogP contribution is -2.23. The third kappa shape index (κ3) is 6.32. The van der Waals surface area contributed by atoms with Gasteiger partial charge in [0, 0.05) is 16.1 Å². The van der Waals surface area contributed by atoms with E-state index in [0.717, 1.165) is 27.8 Å². The highest BCUT2D eigenvalue weighted by molar-refractivity contribution is 14.1. The number of nitrogens with zero attached hydrogens (tertiary/aromatic N) is 2. The number of fused-ring (bicyclic) bond motifs is 1. The van der Waals surface area contributed by atoms with Crippen molar-refractivity contribution in [1.29, 1.82) is 0 Å². The van der Waals surface area contributed by atoms with Crippen molar-refractivity contribution in [2.24, 2.45) is 5.14 Å². The van der Waals surface area contributed by atoms with Crippen molar-refractivity contribution in [1.82, 2.24) is 9.55 Å².